The van der Waals surface area contributed by atoms with Crippen molar-refractivity contribution in [1.29, 1.82) is 0 Å². The predicted octanol–water partition coefficient (Wildman–Crippen LogP) is 1.91. The predicted molar refractivity (Wildman–Crippen MR) is 81.0 cm³/mol. The first-order chi connectivity index (χ1) is 9.36. The van der Waals surface area contributed by atoms with Crippen LogP contribution in [0.25, 0.3) is 0 Å². The van der Waals surface area contributed by atoms with Crippen molar-refractivity contribution in [2.45, 2.75) is 32.1 Å². The lowest BCUT2D eigenvalue weighted by atomic mass is 9.88. The molecule has 0 radical (unpaired) electrons. The number of aryl methyl sites for hydroxylation is 2. The maximum Gasteiger partial charge on any atom is 0.243 e. The fraction of sp³-hybridized carbons (Fsp3) is 0.600. The summed E-state index contributed by atoms with van der Waals surface area (Å²) in [4.78, 5) is 0.424. The topological polar surface area (TPSA) is 63.4 Å². The molecule has 2 N–H and O–H groups in total. The Kier molecular flexibility index (Phi) is 4.52. The minimum Gasteiger partial charge on any atom is -0.330 e. The van der Waals surface area contributed by atoms with Crippen LogP contribution in [0.2, 0.25) is 0 Å². The molecule has 4 nitrogen and oxygen atoms in total. The van der Waals surface area contributed by atoms with Crippen LogP contribution in [-0.4, -0.2) is 32.4 Å². The van der Waals surface area contributed by atoms with Crippen molar-refractivity contribution in [2.24, 2.45) is 17.6 Å². The van der Waals surface area contributed by atoms with Crippen molar-refractivity contribution in [3.63, 3.8) is 0 Å². The molecule has 0 saturated carbocycles. The lowest BCUT2D eigenvalue weighted by molar-refractivity contribution is 0.203. The lowest BCUT2D eigenvalue weighted by Crippen LogP contribution is -2.45. The van der Waals surface area contributed by atoms with Gasteiger partial charge in [-0.15, -0.1) is 0 Å². The van der Waals surface area contributed by atoms with E-state index in [1.807, 2.05) is 26.0 Å². The SMILES string of the molecule is Cc1ccc(S(=O)(=O)N2CCC(C)C(CN)C2)c(C)c1. The number of rotatable bonds is 3. The Morgan fingerprint density at radius 1 is 1.35 bits per heavy atom. The van der Waals surface area contributed by atoms with Gasteiger partial charge in [-0.05, 0) is 50.3 Å². The van der Waals surface area contributed by atoms with Gasteiger partial charge < -0.3 is 5.73 Å². The van der Waals surface area contributed by atoms with Gasteiger partial charge in [0.15, 0.2) is 0 Å². The van der Waals surface area contributed by atoms with Gasteiger partial charge in [0.1, 0.15) is 0 Å². The highest BCUT2D eigenvalue weighted by molar-refractivity contribution is 7.89. The summed E-state index contributed by atoms with van der Waals surface area (Å²) < 4.78 is 27.1. The summed E-state index contributed by atoms with van der Waals surface area (Å²) >= 11 is 0. The molecule has 2 atom stereocenters. The average molecular weight is 296 g/mol. The number of piperidine rings is 1. The summed E-state index contributed by atoms with van der Waals surface area (Å²) in [6.07, 6.45) is 0.881. The Morgan fingerprint density at radius 2 is 2.05 bits per heavy atom. The van der Waals surface area contributed by atoms with Gasteiger partial charge in [0.05, 0.1) is 4.90 Å². The van der Waals surface area contributed by atoms with Gasteiger partial charge in [0.2, 0.25) is 10.0 Å². The second-order valence-electron chi connectivity index (χ2n) is 5.89. The molecular formula is C15H24N2O2S. The molecule has 20 heavy (non-hydrogen) atoms. The zero-order chi connectivity index (χ0) is 14.9. The van der Waals surface area contributed by atoms with Crippen LogP contribution >= 0.6 is 0 Å². The van der Waals surface area contributed by atoms with E-state index < -0.39 is 10.0 Å². The van der Waals surface area contributed by atoms with Crippen molar-refractivity contribution in [3.05, 3.63) is 29.3 Å². The number of sulfonamides is 1. The molecule has 0 spiro atoms. The highest BCUT2D eigenvalue weighted by atomic mass is 32.2. The number of hydrogen-bond donors (Lipinski definition) is 1. The Hall–Kier alpha value is -0.910. The maximum absolute atomic E-state index is 12.8. The second-order valence-corrected chi connectivity index (χ2v) is 7.80. The number of hydrogen-bond acceptors (Lipinski definition) is 3. The van der Waals surface area contributed by atoms with Gasteiger partial charge in [0.25, 0.3) is 0 Å². The average Bonchev–Trinajstić information content (AvgIpc) is 2.38. The third-order valence-electron chi connectivity index (χ3n) is 4.33. The van der Waals surface area contributed by atoms with E-state index in [0.717, 1.165) is 17.5 Å². The Labute approximate surface area is 122 Å². The molecule has 1 aromatic rings. The van der Waals surface area contributed by atoms with Gasteiger partial charge >= 0.3 is 0 Å². The molecule has 1 aliphatic heterocycles. The van der Waals surface area contributed by atoms with E-state index in [1.54, 1.807) is 10.4 Å². The summed E-state index contributed by atoms with van der Waals surface area (Å²) in [6, 6.07) is 5.49. The summed E-state index contributed by atoms with van der Waals surface area (Å²) in [5.41, 5.74) is 7.66. The maximum atomic E-state index is 12.8. The van der Waals surface area contributed by atoms with Crippen molar-refractivity contribution < 1.29 is 8.42 Å². The zero-order valence-electron chi connectivity index (χ0n) is 12.5. The summed E-state index contributed by atoms with van der Waals surface area (Å²) in [6.45, 7) is 7.64. The van der Waals surface area contributed by atoms with Gasteiger partial charge in [0, 0.05) is 13.1 Å². The molecule has 0 amide bonds. The Morgan fingerprint density at radius 3 is 2.65 bits per heavy atom. The van der Waals surface area contributed by atoms with Gasteiger partial charge in [-0.1, -0.05) is 24.6 Å². The van der Waals surface area contributed by atoms with Crippen molar-refractivity contribution >= 4 is 10.0 Å². The van der Waals surface area contributed by atoms with E-state index in [2.05, 4.69) is 6.92 Å². The van der Waals surface area contributed by atoms with Gasteiger partial charge in [-0.25, -0.2) is 8.42 Å². The van der Waals surface area contributed by atoms with Gasteiger partial charge in [-0.3, -0.25) is 0 Å². The fourth-order valence-corrected chi connectivity index (χ4v) is 4.59. The summed E-state index contributed by atoms with van der Waals surface area (Å²) in [7, 11) is -3.40. The first kappa shape index (κ1) is 15.5. The van der Waals surface area contributed by atoms with Crippen LogP contribution in [0.1, 0.15) is 24.5 Å². The molecule has 1 aromatic carbocycles. The van der Waals surface area contributed by atoms with Crippen LogP contribution in [0.15, 0.2) is 23.1 Å². The van der Waals surface area contributed by atoms with E-state index >= 15 is 0 Å². The molecular weight excluding hydrogens is 272 g/mol. The monoisotopic (exact) mass is 296 g/mol. The van der Waals surface area contributed by atoms with E-state index in [1.165, 1.54) is 0 Å². The van der Waals surface area contributed by atoms with Crippen LogP contribution in [0.3, 0.4) is 0 Å². The molecule has 0 aromatic heterocycles. The molecule has 1 fully saturated rings. The van der Waals surface area contributed by atoms with E-state index in [4.69, 9.17) is 5.73 Å². The van der Waals surface area contributed by atoms with E-state index in [0.29, 0.717) is 30.4 Å². The first-order valence-corrected chi connectivity index (χ1v) is 8.57. The Balaban J connectivity index is 2.31. The third kappa shape index (κ3) is 2.90. The van der Waals surface area contributed by atoms with Gasteiger partial charge in [-0.2, -0.15) is 4.31 Å². The molecule has 0 bridgehead atoms. The van der Waals surface area contributed by atoms with Crippen molar-refractivity contribution in [2.75, 3.05) is 19.6 Å². The second kappa shape index (κ2) is 5.84. The smallest absolute Gasteiger partial charge is 0.243 e. The summed E-state index contributed by atoms with van der Waals surface area (Å²) in [5, 5.41) is 0. The molecule has 1 aliphatic rings. The minimum atomic E-state index is -3.40. The largest absolute Gasteiger partial charge is 0.330 e. The highest BCUT2D eigenvalue weighted by Gasteiger charge is 2.33. The van der Waals surface area contributed by atoms with Crippen LogP contribution in [0.4, 0.5) is 0 Å². The molecule has 2 rings (SSSR count). The first-order valence-electron chi connectivity index (χ1n) is 7.13. The van der Waals surface area contributed by atoms with Crippen LogP contribution in [0, 0.1) is 25.7 Å². The normalized spacial score (nSPS) is 24.8. The standard InChI is InChI=1S/C15H24N2O2S/c1-11-4-5-15(13(3)8-11)20(18,19)17-7-6-12(2)14(9-16)10-17/h4-5,8,12,14H,6-7,9-10,16H2,1-3H3. The number of nitrogens with zero attached hydrogens (tertiary/aromatic N) is 1. The number of benzene rings is 1. The minimum absolute atomic E-state index is 0.254. The molecule has 1 heterocycles. The van der Waals surface area contributed by atoms with Crippen molar-refractivity contribution in [1.82, 2.24) is 4.31 Å². The van der Waals surface area contributed by atoms with E-state index in [-0.39, 0.29) is 5.92 Å². The molecule has 2 unspecified atom stereocenters. The van der Waals surface area contributed by atoms with Crippen molar-refractivity contribution in [3.8, 4) is 0 Å². The van der Waals surface area contributed by atoms with E-state index in [9.17, 15) is 8.42 Å². The fourth-order valence-electron chi connectivity index (χ4n) is 2.87. The molecule has 112 valence electrons. The number of nitrogens with two attached hydrogens (primary N) is 1. The van der Waals surface area contributed by atoms with Crippen LogP contribution in [0.5, 0.6) is 0 Å². The van der Waals surface area contributed by atoms with Crippen LogP contribution in [-0.2, 0) is 10.0 Å². The Bertz CT molecular complexity index is 584. The highest BCUT2D eigenvalue weighted by Crippen LogP contribution is 2.28. The third-order valence-corrected chi connectivity index (χ3v) is 6.35. The quantitative estimate of drug-likeness (QED) is 0.926. The molecule has 1 saturated heterocycles. The summed E-state index contributed by atoms with van der Waals surface area (Å²) in [5.74, 6) is 0.745. The zero-order valence-corrected chi connectivity index (χ0v) is 13.3. The molecule has 5 heteroatoms. The lowest BCUT2D eigenvalue weighted by Gasteiger charge is -2.35. The van der Waals surface area contributed by atoms with Crippen LogP contribution < -0.4 is 5.73 Å². The molecule has 0 aliphatic carbocycles.